The molecule has 0 bridgehead atoms. The number of benzene rings is 1. The van der Waals surface area contributed by atoms with Gasteiger partial charge in [-0.05, 0) is 31.2 Å². The van der Waals surface area contributed by atoms with Crippen molar-refractivity contribution >= 4 is 0 Å². The fourth-order valence-electron chi connectivity index (χ4n) is 3.34. The fourth-order valence-corrected chi connectivity index (χ4v) is 3.34. The summed E-state index contributed by atoms with van der Waals surface area (Å²) in [5, 5.41) is 7.73. The highest BCUT2D eigenvalue weighted by Crippen LogP contribution is 2.34. The molecule has 1 saturated carbocycles. The third-order valence-corrected chi connectivity index (χ3v) is 5.00. The van der Waals surface area contributed by atoms with Crippen LogP contribution < -0.4 is 5.32 Å². The third-order valence-electron chi connectivity index (χ3n) is 5.00. The van der Waals surface area contributed by atoms with Crippen LogP contribution in [0.2, 0.25) is 0 Å². The van der Waals surface area contributed by atoms with Crippen LogP contribution in [0.1, 0.15) is 36.5 Å². The number of nitrogens with zero attached hydrogens (tertiary/aromatic N) is 2. The van der Waals surface area contributed by atoms with E-state index in [4.69, 9.17) is 9.26 Å². The van der Waals surface area contributed by atoms with Crippen molar-refractivity contribution in [2.75, 3.05) is 13.2 Å². The van der Waals surface area contributed by atoms with E-state index in [9.17, 15) is 0 Å². The maximum absolute atomic E-state index is 5.99. The molecule has 1 spiro atoms. The number of ether oxygens (including phenoxy) is 1. The lowest BCUT2D eigenvalue weighted by Crippen LogP contribution is -2.61. The summed E-state index contributed by atoms with van der Waals surface area (Å²) >= 11 is 0. The lowest BCUT2D eigenvalue weighted by molar-refractivity contribution is -0.0618. The minimum Gasteiger partial charge on any atom is -0.374 e. The van der Waals surface area contributed by atoms with E-state index >= 15 is 0 Å². The number of nitrogens with one attached hydrogen (secondary N) is 1. The third kappa shape index (κ3) is 3.46. The van der Waals surface area contributed by atoms with Gasteiger partial charge in [-0.15, -0.1) is 0 Å². The Morgan fingerprint density at radius 3 is 2.74 bits per heavy atom. The van der Waals surface area contributed by atoms with Crippen molar-refractivity contribution in [3.63, 3.8) is 0 Å². The normalized spacial score (nSPS) is 22.9. The van der Waals surface area contributed by atoms with E-state index < -0.39 is 0 Å². The van der Waals surface area contributed by atoms with E-state index in [1.807, 2.05) is 6.07 Å². The smallest absolute Gasteiger partial charge is 0.229 e. The lowest BCUT2D eigenvalue weighted by Gasteiger charge is -2.47. The number of rotatable bonds is 5. The average Bonchev–Trinajstić information content (AvgIpc) is 3.01. The molecule has 2 aromatic rings. The van der Waals surface area contributed by atoms with Gasteiger partial charge in [0.2, 0.25) is 5.89 Å². The molecule has 1 aliphatic carbocycles. The molecule has 1 N–H and O–H groups in total. The number of hydrogen-bond acceptors (Lipinski definition) is 5. The summed E-state index contributed by atoms with van der Waals surface area (Å²) in [6, 6.07) is 10.4. The van der Waals surface area contributed by atoms with Gasteiger partial charge in [0, 0.05) is 18.5 Å². The summed E-state index contributed by atoms with van der Waals surface area (Å²) < 4.78 is 11.4. The van der Waals surface area contributed by atoms with Crippen molar-refractivity contribution in [2.24, 2.45) is 0 Å². The zero-order valence-electron chi connectivity index (χ0n) is 13.3. The first-order valence-electron chi connectivity index (χ1n) is 8.53. The molecule has 1 atom stereocenters. The van der Waals surface area contributed by atoms with Crippen molar-refractivity contribution in [1.82, 2.24) is 15.5 Å². The van der Waals surface area contributed by atoms with Gasteiger partial charge < -0.3 is 14.6 Å². The summed E-state index contributed by atoms with van der Waals surface area (Å²) in [7, 11) is 0. The minimum absolute atomic E-state index is 0.142. The lowest BCUT2D eigenvalue weighted by atomic mass is 9.76. The van der Waals surface area contributed by atoms with E-state index in [2.05, 4.69) is 39.7 Å². The van der Waals surface area contributed by atoms with Gasteiger partial charge in [0.1, 0.15) is 0 Å². The minimum atomic E-state index is 0.142. The molecule has 2 aliphatic rings. The molecule has 5 nitrogen and oxygen atoms in total. The Kier molecular flexibility index (Phi) is 4.14. The highest BCUT2D eigenvalue weighted by Gasteiger charge is 2.40. The second-order valence-electron chi connectivity index (χ2n) is 6.74. The second-order valence-corrected chi connectivity index (χ2v) is 6.74. The molecule has 0 amide bonds. The van der Waals surface area contributed by atoms with Crippen LogP contribution in [0.5, 0.6) is 0 Å². The topological polar surface area (TPSA) is 60.2 Å². The summed E-state index contributed by atoms with van der Waals surface area (Å²) in [4.78, 5) is 4.50. The van der Waals surface area contributed by atoms with Gasteiger partial charge in [-0.25, -0.2) is 0 Å². The fraction of sp³-hybridized carbons (Fsp3) is 0.556. The van der Waals surface area contributed by atoms with Crippen LogP contribution in [0, 0.1) is 0 Å². The van der Waals surface area contributed by atoms with Crippen molar-refractivity contribution in [1.29, 1.82) is 0 Å². The standard InChI is InChI=1S/C18H23N3O2/c1-2-5-14(6-3-1)7-8-16-20-17(23-21-16)11-15-12-19-18(13-22-15)9-4-10-18/h1-3,5-6,15,19H,4,7-13H2. The van der Waals surface area contributed by atoms with E-state index in [-0.39, 0.29) is 11.6 Å². The van der Waals surface area contributed by atoms with Crippen LogP contribution >= 0.6 is 0 Å². The van der Waals surface area contributed by atoms with Gasteiger partial charge in [0.25, 0.3) is 0 Å². The Labute approximate surface area is 136 Å². The first-order valence-corrected chi connectivity index (χ1v) is 8.53. The highest BCUT2D eigenvalue weighted by atomic mass is 16.5. The zero-order chi connectivity index (χ0) is 15.5. The number of morpholine rings is 1. The van der Waals surface area contributed by atoms with Crippen LogP contribution in [0.25, 0.3) is 0 Å². The summed E-state index contributed by atoms with van der Waals surface area (Å²) in [5.41, 5.74) is 1.57. The number of aryl methyl sites for hydroxylation is 2. The molecule has 1 aliphatic heterocycles. The highest BCUT2D eigenvalue weighted by molar-refractivity contribution is 5.15. The molecule has 4 rings (SSSR count). The molecule has 1 saturated heterocycles. The van der Waals surface area contributed by atoms with E-state index in [0.29, 0.717) is 12.3 Å². The predicted molar refractivity (Wildman–Crippen MR) is 86.2 cm³/mol. The quantitative estimate of drug-likeness (QED) is 0.918. The van der Waals surface area contributed by atoms with Gasteiger partial charge in [-0.2, -0.15) is 4.98 Å². The molecule has 122 valence electrons. The van der Waals surface area contributed by atoms with Crippen LogP contribution in [0.4, 0.5) is 0 Å². The van der Waals surface area contributed by atoms with Crippen LogP contribution in [-0.2, 0) is 24.0 Å². The second kappa shape index (κ2) is 6.42. The molecule has 1 aromatic carbocycles. The summed E-state index contributed by atoms with van der Waals surface area (Å²) in [6.45, 7) is 1.69. The van der Waals surface area contributed by atoms with E-state index in [1.54, 1.807) is 0 Å². The maximum atomic E-state index is 5.99. The first kappa shape index (κ1) is 14.8. The van der Waals surface area contributed by atoms with E-state index in [1.165, 1.54) is 24.8 Å². The summed E-state index contributed by atoms with van der Waals surface area (Å²) in [5.74, 6) is 1.47. The van der Waals surface area contributed by atoms with E-state index in [0.717, 1.165) is 31.8 Å². The zero-order valence-corrected chi connectivity index (χ0v) is 13.3. The molecule has 0 radical (unpaired) electrons. The molecule has 23 heavy (non-hydrogen) atoms. The molecule has 2 heterocycles. The van der Waals surface area contributed by atoms with Crippen molar-refractivity contribution in [3.8, 4) is 0 Å². The molecule has 5 heteroatoms. The van der Waals surface area contributed by atoms with Gasteiger partial charge >= 0.3 is 0 Å². The Balaban J connectivity index is 1.27. The Morgan fingerprint density at radius 1 is 1.17 bits per heavy atom. The van der Waals surface area contributed by atoms with Crippen molar-refractivity contribution < 1.29 is 9.26 Å². The Morgan fingerprint density at radius 2 is 2.04 bits per heavy atom. The average molecular weight is 313 g/mol. The van der Waals surface area contributed by atoms with Gasteiger partial charge in [-0.1, -0.05) is 35.5 Å². The van der Waals surface area contributed by atoms with Crippen LogP contribution in [0.15, 0.2) is 34.9 Å². The van der Waals surface area contributed by atoms with Crippen LogP contribution in [-0.4, -0.2) is 34.9 Å². The maximum Gasteiger partial charge on any atom is 0.229 e. The Bertz CT molecular complexity index is 627. The van der Waals surface area contributed by atoms with Crippen molar-refractivity contribution in [2.45, 2.75) is 50.2 Å². The Hall–Kier alpha value is -1.72. The SMILES string of the molecule is c1ccc(CCc2noc(CC3CNC4(CCC4)CO3)n2)cc1. The van der Waals surface area contributed by atoms with Gasteiger partial charge in [-0.3, -0.25) is 0 Å². The molecular formula is C18H23N3O2. The predicted octanol–water partition coefficient (Wildman–Crippen LogP) is 2.31. The van der Waals surface area contributed by atoms with Gasteiger partial charge in [0.15, 0.2) is 5.82 Å². The molecule has 1 unspecified atom stereocenters. The largest absolute Gasteiger partial charge is 0.374 e. The monoisotopic (exact) mass is 313 g/mol. The number of hydrogen-bond donors (Lipinski definition) is 1. The molecule has 2 fully saturated rings. The van der Waals surface area contributed by atoms with Gasteiger partial charge in [0.05, 0.1) is 19.1 Å². The van der Waals surface area contributed by atoms with Crippen molar-refractivity contribution in [3.05, 3.63) is 47.6 Å². The molecular weight excluding hydrogens is 290 g/mol. The molecule has 1 aromatic heterocycles. The number of aromatic nitrogens is 2. The summed E-state index contributed by atoms with van der Waals surface area (Å²) in [6.07, 6.45) is 6.37. The first-order chi connectivity index (χ1) is 11.3. The van der Waals surface area contributed by atoms with Crippen LogP contribution in [0.3, 0.4) is 0 Å².